The predicted molar refractivity (Wildman–Crippen MR) is 71.9 cm³/mol. The van der Waals surface area contributed by atoms with Gasteiger partial charge in [-0.2, -0.15) is 0 Å². The van der Waals surface area contributed by atoms with Gasteiger partial charge in [0.05, 0.1) is 10.5 Å². The van der Waals surface area contributed by atoms with E-state index < -0.39 is 22.7 Å². The smallest absolute Gasteiger partial charge is 0.550 e. The van der Waals surface area contributed by atoms with Gasteiger partial charge >= 0.3 is 51.4 Å². The van der Waals surface area contributed by atoms with Crippen LogP contribution in [0.5, 0.6) is 0 Å². The van der Waals surface area contributed by atoms with Crippen LogP contribution < -0.4 is 56.5 Å². The van der Waals surface area contributed by atoms with Crippen molar-refractivity contribution in [3.05, 3.63) is 39.4 Å². The number of nitrogens with zero attached hydrogens (tertiary/aromatic N) is 2. The van der Waals surface area contributed by atoms with E-state index in [2.05, 4.69) is 0 Å². The Morgan fingerprint density at radius 3 is 2.43 bits per heavy atom. The maximum atomic E-state index is 12.2. The van der Waals surface area contributed by atoms with Crippen LogP contribution in [0.15, 0.2) is 18.2 Å². The molecule has 0 bridgehead atoms. The summed E-state index contributed by atoms with van der Waals surface area (Å²) >= 11 is 0. The van der Waals surface area contributed by atoms with Gasteiger partial charge in [-0.1, -0.05) is 12.5 Å². The van der Waals surface area contributed by atoms with Gasteiger partial charge in [0.1, 0.15) is 5.56 Å². The van der Waals surface area contributed by atoms with Crippen LogP contribution in [-0.4, -0.2) is 34.2 Å². The molecule has 1 aliphatic heterocycles. The summed E-state index contributed by atoms with van der Waals surface area (Å²) in [4.78, 5) is 45.8. The molecule has 0 saturated heterocycles. The Kier molecular flexibility index (Phi) is 7.48. The number of nitro benzene ring substituents is 1. The molecule has 0 atom stereocenters. The molecule has 0 fully saturated rings. The first-order valence-electron chi connectivity index (χ1n) is 6.77. The fraction of sp³-hybridized carbons (Fsp3) is 0.357. The molecule has 1 heterocycles. The molecule has 0 radical (unpaired) electrons. The van der Waals surface area contributed by atoms with Crippen LogP contribution in [0.2, 0.25) is 0 Å². The standard InChI is InChI=1S/C14H14N2O6.K/c17-11(18)7-2-1-3-8-15-13(19)9-5-4-6-10(16(21)22)12(9)14(15)20;/h4-6H,1-3,7-8H2,(H,17,18);/q;+1/p-1. The molecule has 1 aliphatic rings. The van der Waals surface area contributed by atoms with E-state index in [1.54, 1.807) is 0 Å². The van der Waals surface area contributed by atoms with Crippen molar-refractivity contribution in [2.45, 2.75) is 25.7 Å². The minimum absolute atomic E-state index is 0. The third-order valence-electron chi connectivity index (χ3n) is 3.44. The molecule has 0 spiro atoms. The SMILES string of the molecule is O=C([O-])CCCCCN1C(=O)c2cccc([N+](=O)[O-])c2C1=O.[K+]. The summed E-state index contributed by atoms with van der Waals surface area (Å²) in [6, 6.07) is 3.94. The summed E-state index contributed by atoms with van der Waals surface area (Å²) in [6.45, 7) is 0.108. The maximum Gasteiger partial charge on any atom is 1.00 e. The molecular formula is C14H13KN2O6. The number of hydrogen-bond acceptors (Lipinski definition) is 6. The van der Waals surface area contributed by atoms with Gasteiger partial charge < -0.3 is 9.90 Å². The third kappa shape index (κ3) is 4.45. The second-order valence-corrected chi connectivity index (χ2v) is 4.90. The Morgan fingerprint density at radius 1 is 1.13 bits per heavy atom. The summed E-state index contributed by atoms with van der Waals surface area (Å²) in [5.41, 5.74) is -0.517. The van der Waals surface area contributed by atoms with Crippen LogP contribution in [0.25, 0.3) is 0 Å². The van der Waals surface area contributed by atoms with Crippen LogP contribution in [0.3, 0.4) is 0 Å². The van der Waals surface area contributed by atoms with Crippen LogP contribution in [0, 0.1) is 10.1 Å². The summed E-state index contributed by atoms with van der Waals surface area (Å²) in [7, 11) is 0. The molecular weight excluding hydrogens is 331 g/mol. The molecule has 0 N–H and O–H groups in total. The molecule has 116 valence electrons. The Hall–Kier alpha value is -1.13. The first-order valence-corrected chi connectivity index (χ1v) is 6.77. The molecule has 8 nitrogen and oxygen atoms in total. The molecule has 0 saturated carbocycles. The summed E-state index contributed by atoms with van der Waals surface area (Å²) < 4.78 is 0. The zero-order valence-electron chi connectivity index (χ0n) is 12.6. The van der Waals surface area contributed by atoms with E-state index in [-0.39, 0.29) is 81.2 Å². The molecule has 0 unspecified atom stereocenters. The minimum Gasteiger partial charge on any atom is -0.550 e. The van der Waals surface area contributed by atoms with Crippen molar-refractivity contribution in [2.24, 2.45) is 0 Å². The van der Waals surface area contributed by atoms with Crippen molar-refractivity contribution in [2.75, 3.05) is 6.54 Å². The number of carboxylic acid groups (broad SMARTS) is 1. The average Bonchev–Trinajstić information content (AvgIpc) is 2.71. The Bertz CT molecular complexity index is 661. The van der Waals surface area contributed by atoms with Crippen LogP contribution in [-0.2, 0) is 4.79 Å². The van der Waals surface area contributed by atoms with E-state index in [0.717, 1.165) is 4.90 Å². The number of benzene rings is 1. The Morgan fingerprint density at radius 2 is 1.83 bits per heavy atom. The fourth-order valence-corrected chi connectivity index (χ4v) is 2.39. The fourth-order valence-electron chi connectivity index (χ4n) is 2.39. The second kappa shape index (κ2) is 8.64. The van der Waals surface area contributed by atoms with Gasteiger partial charge in [-0.25, -0.2) is 0 Å². The summed E-state index contributed by atoms with van der Waals surface area (Å²) in [6.07, 6.45) is 1.27. The van der Waals surface area contributed by atoms with Gasteiger partial charge in [0.25, 0.3) is 17.5 Å². The van der Waals surface area contributed by atoms with Crippen molar-refractivity contribution < 1.29 is 75.8 Å². The van der Waals surface area contributed by atoms with Crippen molar-refractivity contribution in [1.29, 1.82) is 0 Å². The summed E-state index contributed by atoms with van der Waals surface area (Å²) in [5.74, 6) is -2.37. The van der Waals surface area contributed by atoms with Gasteiger partial charge in [-0.3, -0.25) is 24.6 Å². The van der Waals surface area contributed by atoms with Gasteiger partial charge in [0.2, 0.25) is 0 Å². The van der Waals surface area contributed by atoms with Crippen LogP contribution >= 0.6 is 0 Å². The number of amides is 2. The molecule has 0 aliphatic carbocycles. The number of carbonyl (C=O) groups excluding carboxylic acids is 3. The average molecular weight is 344 g/mol. The van der Waals surface area contributed by atoms with E-state index in [1.165, 1.54) is 18.2 Å². The van der Waals surface area contributed by atoms with Crippen molar-refractivity contribution in [3.8, 4) is 0 Å². The zero-order valence-corrected chi connectivity index (χ0v) is 15.7. The van der Waals surface area contributed by atoms with E-state index in [4.69, 9.17) is 0 Å². The number of carbonyl (C=O) groups is 3. The molecule has 1 aromatic rings. The number of imide groups is 1. The summed E-state index contributed by atoms with van der Waals surface area (Å²) in [5, 5.41) is 21.2. The molecule has 2 rings (SSSR count). The number of fused-ring (bicyclic) bond motifs is 1. The van der Waals surface area contributed by atoms with E-state index >= 15 is 0 Å². The largest absolute Gasteiger partial charge is 1.00 e. The van der Waals surface area contributed by atoms with Gasteiger partial charge in [-0.05, 0) is 25.3 Å². The van der Waals surface area contributed by atoms with Crippen molar-refractivity contribution in [1.82, 2.24) is 4.90 Å². The number of unbranched alkanes of at least 4 members (excludes halogenated alkanes) is 2. The van der Waals surface area contributed by atoms with Crippen molar-refractivity contribution >= 4 is 23.5 Å². The third-order valence-corrected chi connectivity index (χ3v) is 3.44. The first-order chi connectivity index (χ1) is 10.4. The molecule has 9 heteroatoms. The molecule has 1 aromatic carbocycles. The maximum absolute atomic E-state index is 12.2. The second-order valence-electron chi connectivity index (χ2n) is 4.90. The molecule has 2 amide bonds. The minimum atomic E-state index is -1.14. The van der Waals surface area contributed by atoms with Gasteiger partial charge in [0.15, 0.2) is 0 Å². The van der Waals surface area contributed by atoms with Gasteiger partial charge in [-0.15, -0.1) is 0 Å². The zero-order chi connectivity index (χ0) is 16.3. The Balaban J connectivity index is 0.00000264. The number of nitro groups is 1. The number of hydrogen-bond donors (Lipinski definition) is 0. The monoisotopic (exact) mass is 344 g/mol. The van der Waals surface area contributed by atoms with Crippen molar-refractivity contribution in [3.63, 3.8) is 0 Å². The van der Waals surface area contributed by atoms with E-state index in [1.807, 2.05) is 0 Å². The van der Waals surface area contributed by atoms with E-state index in [9.17, 15) is 29.6 Å². The topological polar surface area (TPSA) is 121 Å². The van der Waals surface area contributed by atoms with E-state index in [0.29, 0.717) is 19.3 Å². The van der Waals surface area contributed by atoms with Crippen LogP contribution in [0.1, 0.15) is 46.4 Å². The first kappa shape index (κ1) is 19.9. The molecule has 0 aromatic heterocycles. The normalized spacial score (nSPS) is 12.8. The number of aliphatic carboxylic acids is 1. The van der Waals surface area contributed by atoms with Crippen LogP contribution in [0.4, 0.5) is 5.69 Å². The number of rotatable bonds is 7. The number of carboxylic acids is 1. The van der Waals surface area contributed by atoms with Gasteiger partial charge in [0, 0.05) is 18.6 Å². The molecule has 23 heavy (non-hydrogen) atoms. The Labute approximate surface area is 174 Å². The predicted octanol–water partition coefficient (Wildman–Crippen LogP) is -2.49. The quantitative estimate of drug-likeness (QED) is 0.177.